The molecule has 1 amide bonds. The van der Waals surface area contributed by atoms with Crippen molar-refractivity contribution in [1.29, 1.82) is 0 Å². The number of anilines is 1. The Labute approximate surface area is 179 Å². The molecule has 0 saturated heterocycles. The Hall–Kier alpha value is -1.35. The van der Waals surface area contributed by atoms with E-state index in [-0.39, 0.29) is 41.9 Å². The van der Waals surface area contributed by atoms with Gasteiger partial charge in [0, 0.05) is 24.2 Å². The second-order valence-corrected chi connectivity index (χ2v) is 7.19. The van der Waals surface area contributed by atoms with E-state index < -0.39 is 0 Å². The number of carbonyl (C=O) groups excluding carboxylic acids is 1. The molecule has 7 heteroatoms. The molecule has 0 spiro atoms. The summed E-state index contributed by atoms with van der Waals surface area (Å²) in [7, 11) is 0. The second kappa shape index (κ2) is 12.2. The van der Waals surface area contributed by atoms with Gasteiger partial charge in [-0.3, -0.25) is 4.79 Å². The highest BCUT2D eigenvalue weighted by Gasteiger charge is 2.19. The van der Waals surface area contributed by atoms with Crippen LogP contribution < -0.4 is 16.0 Å². The van der Waals surface area contributed by atoms with Crippen molar-refractivity contribution in [3.63, 3.8) is 0 Å². The Kier molecular flexibility index (Phi) is 10.7. The largest absolute Gasteiger partial charge is 0.393 e. The first-order valence-corrected chi connectivity index (χ1v) is 9.60. The minimum Gasteiger partial charge on any atom is -0.393 e. The number of nitrogens with zero attached hydrogens (tertiary/aromatic N) is 1. The number of aliphatic hydroxyl groups is 1. The van der Waals surface area contributed by atoms with Crippen LogP contribution in [0.1, 0.15) is 52.0 Å². The van der Waals surface area contributed by atoms with Gasteiger partial charge in [-0.15, -0.1) is 24.0 Å². The zero-order valence-electron chi connectivity index (χ0n) is 16.5. The van der Waals surface area contributed by atoms with Crippen molar-refractivity contribution in [3.8, 4) is 0 Å². The summed E-state index contributed by atoms with van der Waals surface area (Å²) >= 11 is 0. The van der Waals surface area contributed by atoms with Gasteiger partial charge in [-0.1, -0.05) is 26.0 Å². The molecule has 1 aliphatic carbocycles. The van der Waals surface area contributed by atoms with E-state index in [9.17, 15) is 9.90 Å². The first-order valence-electron chi connectivity index (χ1n) is 9.60. The van der Waals surface area contributed by atoms with Crippen LogP contribution in [0.2, 0.25) is 0 Å². The zero-order valence-corrected chi connectivity index (χ0v) is 18.8. The minimum atomic E-state index is -0.151. The van der Waals surface area contributed by atoms with Crippen molar-refractivity contribution in [2.75, 3.05) is 11.9 Å². The highest BCUT2D eigenvalue weighted by Crippen LogP contribution is 2.18. The second-order valence-electron chi connectivity index (χ2n) is 7.19. The first-order chi connectivity index (χ1) is 12.5. The normalized spacial score (nSPS) is 20.0. The third-order valence-electron chi connectivity index (χ3n) is 4.55. The fraction of sp³-hybridized carbons (Fsp3) is 0.600. The lowest BCUT2D eigenvalue weighted by molar-refractivity contribution is -0.118. The SMILES string of the molecule is CCNC(=NCc1ccc(NC(=O)C(C)C)cc1)NC1CCC(O)CC1.I. The van der Waals surface area contributed by atoms with Gasteiger partial charge in [0.15, 0.2) is 5.96 Å². The number of hydrogen-bond donors (Lipinski definition) is 4. The lowest BCUT2D eigenvalue weighted by atomic mass is 9.93. The fourth-order valence-electron chi connectivity index (χ4n) is 2.88. The fourth-order valence-corrected chi connectivity index (χ4v) is 2.88. The molecule has 1 aromatic rings. The molecule has 152 valence electrons. The summed E-state index contributed by atoms with van der Waals surface area (Å²) in [4.78, 5) is 16.4. The standard InChI is InChI=1S/C20H32N4O2.HI/c1-4-21-20(24-17-9-11-18(25)12-10-17)22-13-15-5-7-16(8-6-15)23-19(26)14(2)3;/h5-8,14,17-18,25H,4,9-13H2,1-3H3,(H,23,26)(H2,21,22,24);1H. The number of benzene rings is 1. The molecule has 0 bridgehead atoms. The van der Waals surface area contributed by atoms with E-state index in [2.05, 4.69) is 20.9 Å². The molecule has 1 saturated carbocycles. The Bertz CT molecular complexity index is 597. The van der Waals surface area contributed by atoms with Gasteiger partial charge >= 0.3 is 0 Å². The number of aliphatic hydroxyl groups excluding tert-OH is 1. The van der Waals surface area contributed by atoms with E-state index in [4.69, 9.17) is 0 Å². The molecule has 4 N–H and O–H groups in total. The maximum Gasteiger partial charge on any atom is 0.226 e. The Morgan fingerprint density at radius 1 is 1.19 bits per heavy atom. The maximum atomic E-state index is 11.7. The molecule has 1 aromatic carbocycles. The van der Waals surface area contributed by atoms with E-state index >= 15 is 0 Å². The summed E-state index contributed by atoms with van der Waals surface area (Å²) in [6.45, 7) is 7.18. The molecule has 0 aliphatic heterocycles. The molecule has 0 radical (unpaired) electrons. The van der Waals surface area contributed by atoms with Crippen LogP contribution >= 0.6 is 24.0 Å². The van der Waals surface area contributed by atoms with Gasteiger partial charge in [-0.2, -0.15) is 0 Å². The number of amides is 1. The smallest absolute Gasteiger partial charge is 0.226 e. The van der Waals surface area contributed by atoms with Crippen molar-refractivity contribution in [1.82, 2.24) is 10.6 Å². The third-order valence-corrected chi connectivity index (χ3v) is 4.55. The number of hydrogen-bond acceptors (Lipinski definition) is 3. The van der Waals surface area contributed by atoms with Gasteiger partial charge in [0.25, 0.3) is 0 Å². The van der Waals surface area contributed by atoms with E-state index in [1.807, 2.05) is 45.0 Å². The Morgan fingerprint density at radius 3 is 2.37 bits per heavy atom. The highest BCUT2D eigenvalue weighted by molar-refractivity contribution is 14.0. The summed E-state index contributed by atoms with van der Waals surface area (Å²) in [6, 6.07) is 8.16. The average Bonchev–Trinajstić information content (AvgIpc) is 2.63. The molecule has 1 fully saturated rings. The monoisotopic (exact) mass is 488 g/mol. The van der Waals surface area contributed by atoms with Crippen LogP contribution in [0.5, 0.6) is 0 Å². The van der Waals surface area contributed by atoms with Gasteiger partial charge in [-0.25, -0.2) is 4.99 Å². The van der Waals surface area contributed by atoms with Crippen LogP contribution in [0.25, 0.3) is 0 Å². The molecular formula is C20H33IN4O2. The van der Waals surface area contributed by atoms with Crippen molar-refractivity contribution in [2.45, 2.75) is 65.1 Å². The van der Waals surface area contributed by atoms with Crippen molar-refractivity contribution >= 4 is 41.5 Å². The topological polar surface area (TPSA) is 85.8 Å². The van der Waals surface area contributed by atoms with E-state index in [0.717, 1.165) is 49.4 Å². The number of guanidine groups is 1. The van der Waals surface area contributed by atoms with E-state index in [1.54, 1.807) is 0 Å². The molecule has 1 aliphatic rings. The van der Waals surface area contributed by atoms with Crippen molar-refractivity contribution < 1.29 is 9.90 Å². The zero-order chi connectivity index (χ0) is 18.9. The van der Waals surface area contributed by atoms with Crippen molar-refractivity contribution in [3.05, 3.63) is 29.8 Å². The van der Waals surface area contributed by atoms with Crippen molar-refractivity contribution in [2.24, 2.45) is 10.9 Å². The molecule has 0 unspecified atom stereocenters. The molecule has 27 heavy (non-hydrogen) atoms. The van der Waals surface area contributed by atoms with Gasteiger partial charge in [0.1, 0.15) is 0 Å². The van der Waals surface area contributed by atoms with Gasteiger partial charge in [0.2, 0.25) is 5.91 Å². The lowest BCUT2D eigenvalue weighted by Crippen LogP contribution is -2.45. The highest BCUT2D eigenvalue weighted by atomic mass is 127. The van der Waals surface area contributed by atoms with Crippen LogP contribution in [0.4, 0.5) is 5.69 Å². The molecule has 0 aromatic heterocycles. The molecule has 6 nitrogen and oxygen atoms in total. The van der Waals surface area contributed by atoms with E-state index in [0.29, 0.717) is 12.6 Å². The van der Waals surface area contributed by atoms with Gasteiger partial charge < -0.3 is 21.1 Å². The first kappa shape index (κ1) is 23.7. The Morgan fingerprint density at radius 2 is 1.81 bits per heavy atom. The lowest BCUT2D eigenvalue weighted by Gasteiger charge is -2.27. The molecule has 0 atom stereocenters. The Balaban J connectivity index is 0.00000364. The predicted molar refractivity (Wildman–Crippen MR) is 122 cm³/mol. The number of rotatable bonds is 6. The summed E-state index contributed by atoms with van der Waals surface area (Å²) in [6.07, 6.45) is 3.48. The summed E-state index contributed by atoms with van der Waals surface area (Å²) in [5.41, 5.74) is 1.89. The van der Waals surface area contributed by atoms with Crippen LogP contribution in [-0.4, -0.2) is 35.7 Å². The molecule has 0 heterocycles. The summed E-state index contributed by atoms with van der Waals surface area (Å²) in [5, 5.41) is 19.3. The predicted octanol–water partition coefficient (Wildman–Crippen LogP) is 3.26. The summed E-state index contributed by atoms with van der Waals surface area (Å²) in [5.74, 6) is 0.798. The number of carbonyl (C=O) groups is 1. The van der Waals surface area contributed by atoms with Gasteiger partial charge in [-0.05, 0) is 50.3 Å². The number of nitrogens with one attached hydrogen (secondary N) is 3. The van der Waals surface area contributed by atoms with Crippen LogP contribution in [0, 0.1) is 5.92 Å². The van der Waals surface area contributed by atoms with E-state index in [1.165, 1.54) is 0 Å². The molecular weight excluding hydrogens is 455 g/mol. The van der Waals surface area contributed by atoms with Crippen LogP contribution in [-0.2, 0) is 11.3 Å². The molecule has 2 rings (SSSR count). The minimum absolute atomic E-state index is 0. The quantitative estimate of drug-likeness (QED) is 0.282. The average molecular weight is 488 g/mol. The third kappa shape index (κ3) is 8.47. The van der Waals surface area contributed by atoms with Crippen LogP contribution in [0.15, 0.2) is 29.3 Å². The number of aliphatic imine (C=N–C) groups is 1. The van der Waals surface area contributed by atoms with Crippen LogP contribution in [0.3, 0.4) is 0 Å². The van der Waals surface area contributed by atoms with Gasteiger partial charge in [0.05, 0.1) is 12.6 Å². The maximum absolute atomic E-state index is 11.7. The number of halogens is 1. The summed E-state index contributed by atoms with van der Waals surface area (Å²) < 4.78 is 0.